The molecule has 0 amide bonds. The standard InChI is InChI=1S/C16H17N5O3/c22-16(23)14-15(19-20-18-14)24-13-6-4-10(5-7-13)11-8-17-21(9-11)12-2-1-3-12/h4-9,12,16,22-23H,1-3H2,(H,18,19,20). The van der Waals surface area contributed by atoms with Crippen LogP contribution in [0, 0.1) is 0 Å². The zero-order chi connectivity index (χ0) is 16.5. The number of aromatic amines is 1. The Hall–Kier alpha value is -2.71. The lowest BCUT2D eigenvalue weighted by Crippen LogP contribution is -2.16. The number of aliphatic hydroxyl groups excluding tert-OH is 1. The fourth-order valence-corrected chi connectivity index (χ4v) is 2.64. The summed E-state index contributed by atoms with van der Waals surface area (Å²) < 4.78 is 7.56. The van der Waals surface area contributed by atoms with Crippen molar-refractivity contribution in [3.63, 3.8) is 0 Å². The normalized spacial score (nSPS) is 14.8. The molecule has 1 aliphatic rings. The molecule has 0 spiro atoms. The summed E-state index contributed by atoms with van der Waals surface area (Å²) in [7, 11) is 0. The average Bonchev–Trinajstić information content (AvgIpc) is 3.16. The number of aromatic nitrogens is 5. The van der Waals surface area contributed by atoms with Crippen LogP contribution in [0.1, 0.15) is 37.3 Å². The van der Waals surface area contributed by atoms with Crippen LogP contribution in [0.3, 0.4) is 0 Å². The van der Waals surface area contributed by atoms with Crippen molar-refractivity contribution >= 4 is 0 Å². The molecule has 8 heteroatoms. The highest BCUT2D eigenvalue weighted by molar-refractivity contribution is 5.62. The molecule has 24 heavy (non-hydrogen) atoms. The van der Waals surface area contributed by atoms with Crippen molar-refractivity contribution in [1.82, 2.24) is 25.2 Å². The van der Waals surface area contributed by atoms with Gasteiger partial charge in [-0.05, 0) is 37.0 Å². The van der Waals surface area contributed by atoms with E-state index in [0.29, 0.717) is 11.8 Å². The molecule has 4 rings (SSSR count). The maximum atomic E-state index is 9.18. The lowest BCUT2D eigenvalue weighted by molar-refractivity contribution is -0.0470. The Morgan fingerprint density at radius 1 is 1.12 bits per heavy atom. The smallest absolute Gasteiger partial charge is 0.267 e. The van der Waals surface area contributed by atoms with Gasteiger partial charge in [-0.25, -0.2) is 0 Å². The molecule has 0 bridgehead atoms. The zero-order valence-corrected chi connectivity index (χ0v) is 12.8. The van der Waals surface area contributed by atoms with Crippen LogP contribution >= 0.6 is 0 Å². The van der Waals surface area contributed by atoms with Gasteiger partial charge in [0.25, 0.3) is 5.88 Å². The van der Waals surface area contributed by atoms with Crippen molar-refractivity contribution in [3.05, 3.63) is 42.4 Å². The van der Waals surface area contributed by atoms with Crippen molar-refractivity contribution in [2.24, 2.45) is 0 Å². The molecular formula is C16H17N5O3. The molecule has 0 saturated heterocycles. The highest BCUT2D eigenvalue weighted by Gasteiger charge is 2.20. The van der Waals surface area contributed by atoms with Gasteiger partial charge >= 0.3 is 0 Å². The third-order valence-electron chi connectivity index (χ3n) is 4.24. The molecule has 1 saturated carbocycles. The number of nitrogens with one attached hydrogen (secondary N) is 1. The van der Waals surface area contributed by atoms with E-state index >= 15 is 0 Å². The van der Waals surface area contributed by atoms with E-state index in [1.165, 1.54) is 19.3 Å². The molecule has 2 aromatic heterocycles. The molecule has 0 aliphatic heterocycles. The monoisotopic (exact) mass is 327 g/mol. The number of H-pyrrole nitrogens is 1. The van der Waals surface area contributed by atoms with Crippen LogP contribution in [0.25, 0.3) is 11.1 Å². The summed E-state index contributed by atoms with van der Waals surface area (Å²) in [6, 6.07) is 7.96. The first-order valence-corrected chi connectivity index (χ1v) is 7.80. The van der Waals surface area contributed by atoms with Crippen LogP contribution in [0.2, 0.25) is 0 Å². The Balaban J connectivity index is 1.50. The van der Waals surface area contributed by atoms with Gasteiger partial charge in [-0.1, -0.05) is 12.1 Å². The fraction of sp³-hybridized carbons (Fsp3) is 0.312. The maximum Gasteiger partial charge on any atom is 0.267 e. The number of hydrogen-bond acceptors (Lipinski definition) is 6. The van der Waals surface area contributed by atoms with Crippen LogP contribution in [-0.2, 0) is 0 Å². The summed E-state index contributed by atoms with van der Waals surface area (Å²) in [5, 5.41) is 32.5. The Morgan fingerprint density at radius 3 is 2.58 bits per heavy atom. The molecule has 0 unspecified atom stereocenters. The molecule has 124 valence electrons. The van der Waals surface area contributed by atoms with Gasteiger partial charge in [-0.15, -0.1) is 5.10 Å². The van der Waals surface area contributed by atoms with Gasteiger partial charge in [-0.2, -0.15) is 15.4 Å². The van der Waals surface area contributed by atoms with Gasteiger partial charge in [-0.3, -0.25) is 4.68 Å². The van der Waals surface area contributed by atoms with Crippen LogP contribution in [0.15, 0.2) is 36.7 Å². The Labute approximate surface area is 137 Å². The van der Waals surface area contributed by atoms with Gasteiger partial charge in [0.1, 0.15) is 5.75 Å². The van der Waals surface area contributed by atoms with E-state index in [0.717, 1.165) is 11.1 Å². The third kappa shape index (κ3) is 2.77. The number of nitrogens with zero attached hydrogens (tertiary/aromatic N) is 4. The van der Waals surface area contributed by atoms with E-state index in [4.69, 9.17) is 4.74 Å². The van der Waals surface area contributed by atoms with Crippen molar-refractivity contribution in [2.45, 2.75) is 31.6 Å². The van der Waals surface area contributed by atoms with Crippen molar-refractivity contribution in [2.75, 3.05) is 0 Å². The van der Waals surface area contributed by atoms with E-state index in [-0.39, 0.29) is 11.6 Å². The van der Waals surface area contributed by atoms with E-state index in [9.17, 15) is 10.2 Å². The van der Waals surface area contributed by atoms with E-state index in [2.05, 4.69) is 26.7 Å². The number of benzene rings is 1. The van der Waals surface area contributed by atoms with E-state index < -0.39 is 6.29 Å². The minimum Gasteiger partial charge on any atom is -0.436 e. The lowest BCUT2D eigenvalue weighted by atomic mass is 9.93. The third-order valence-corrected chi connectivity index (χ3v) is 4.24. The SMILES string of the molecule is OC(O)c1n[nH]nc1Oc1ccc(-c2cnn(C3CCC3)c2)cc1. The van der Waals surface area contributed by atoms with Crippen molar-refractivity contribution in [1.29, 1.82) is 0 Å². The average molecular weight is 327 g/mol. The number of rotatable bonds is 5. The van der Waals surface area contributed by atoms with Gasteiger partial charge < -0.3 is 14.9 Å². The first-order valence-electron chi connectivity index (χ1n) is 7.80. The Kier molecular flexibility index (Phi) is 3.75. The largest absolute Gasteiger partial charge is 0.436 e. The number of hydrogen-bond donors (Lipinski definition) is 3. The van der Waals surface area contributed by atoms with E-state index in [1.807, 2.05) is 23.0 Å². The summed E-state index contributed by atoms with van der Waals surface area (Å²) >= 11 is 0. The maximum absolute atomic E-state index is 9.18. The van der Waals surface area contributed by atoms with Crippen LogP contribution in [-0.4, -0.2) is 35.4 Å². The number of ether oxygens (including phenoxy) is 1. The quantitative estimate of drug-likeness (QED) is 0.620. The van der Waals surface area contributed by atoms with Gasteiger partial charge in [0, 0.05) is 11.8 Å². The molecule has 2 heterocycles. The topological polar surface area (TPSA) is 109 Å². The molecule has 1 aliphatic carbocycles. The fourth-order valence-electron chi connectivity index (χ4n) is 2.64. The van der Waals surface area contributed by atoms with Crippen LogP contribution in [0.5, 0.6) is 11.6 Å². The molecule has 0 atom stereocenters. The van der Waals surface area contributed by atoms with Crippen LogP contribution < -0.4 is 4.74 Å². The van der Waals surface area contributed by atoms with Crippen molar-refractivity contribution < 1.29 is 14.9 Å². The van der Waals surface area contributed by atoms with Gasteiger partial charge in [0.2, 0.25) is 6.29 Å². The second-order valence-electron chi connectivity index (χ2n) is 5.81. The van der Waals surface area contributed by atoms with Crippen LogP contribution in [0.4, 0.5) is 0 Å². The molecular weight excluding hydrogens is 310 g/mol. The zero-order valence-electron chi connectivity index (χ0n) is 12.8. The lowest BCUT2D eigenvalue weighted by Gasteiger charge is -2.25. The molecule has 1 fully saturated rings. The summed E-state index contributed by atoms with van der Waals surface area (Å²) in [6.07, 6.45) is 5.87. The minimum absolute atomic E-state index is 0.0375. The minimum atomic E-state index is -1.74. The summed E-state index contributed by atoms with van der Waals surface area (Å²) in [5.41, 5.74) is 2.04. The summed E-state index contributed by atoms with van der Waals surface area (Å²) in [5.74, 6) is 0.566. The molecule has 0 radical (unpaired) electrons. The first kappa shape index (κ1) is 14.9. The summed E-state index contributed by atoms with van der Waals surface area (Å²) in [6.45, 7) is 0. The van der Waals surface area contributed by atoms with Crippen molar-refractivity contribution in [3.8, 4) is 22.8 Å². The molecule has 8 nitrogen and oxygen atoms in total. The second-order valence-corrected chi connectivity index (χ2v) is 5.81. The molecule has 3 N–H and O–H groups in total. The van der Waals surface area contributed by atoms with Gasteiger partial charge in [0.05, 0.1) is 12.2 Å². The number of aliphatic hydroxyl groups is 2. The Bertz CT molecular complexity index is 820. The molecule has 3 aromatic rings. The summed E-state index contributed by atoms with van der Waals surface area (Å²) in [4.78, 5) is 0. The first-order chi connectivity index (χ1) is 11.7. The van der Waals surface area contributed by atoms with Gasteiger partial charge in [0.15, 0.2) is 5.69 Å². The second kappa shape index (κ2) is 6.06. The highest BCUT2D eigenvalue weighted by atomic mass is 16.5. The molecule has 1 aromatic carbocycles. The predicted octanol–water partition coefficient (Wildman–Crippen LogP) is 2.17. The Morgan fingerprint density at radius 2 is 1.92 bits per heavy atom. The highest BCUT2D eigenvalue weighted by Crippen LogP contribution is 2.33. The van der Waals surface area contributed by atoms with E-state index in [1.54, 1.807) is 12.1 Å². The predicted molar refractivity (Wildman–Crippen MR) is 84.2 cm³/mol.